The van der Waals surface area contributed by atoms with Gasteiger partial charge in [0.15, 0.2) is 0 Å². The summed E-state index contributed by atoms with van der Waals surface area (Å²) in [6.45, 7) is 1.07. The smallest absolute Gasteiger partial charge is 0.311 e. The third kappa shape index (κ3) is 2.81. The second kappa shape index (κ2) is 5.64. The lowest BCUT2D eigenvalue weighted by molar-refractivity contribution is -0.384. The van der Waals surface area contributed by atoms with Gasteiger partial charge in [-0.3, -0.25) is 14.9 Å². The van der Waals surface area contributed by atoms with Crippen molar-refractivity contribution in [3.8, 4) is 0 Å². The maximum absolute atomic E-state index is 11.6. The zero-order valence-electron chi connectivity index (χ0n) is 10.6. The van der Waals surface area contributed by atoms with E-state index in [4.69, 9.17) is 4.74 Å². The maximum Gasteiger partial charge on any atom is 0.311 e. The van der Waals surface area contributed by atoms with Crippen LogP contribution in [0.15, 0.2) is 18.3 Å². The molecule has 1 fully saturated rings. The summed E-state index contributed by atoms with van der Waals surface area (Å²) in [5, 5.41) is 11.0. The number of carbonyl (C=O) groups is 1. The zero-order valence-corrected chi connectivity index (χ0v) is 10.6. The number of hydrogen-bond acceptors (Lipinski definition) is 6. The first kappa shape index (κ1) is 13.3. The summed E-state index contributed by atoms with van der Waals surface area (Å²) in [6.07, 6.45) is 3.04. The Balaban J connectivity index is 2.22. The average Bonchev–Trinajstić information content (AvgIpc) is 2.46. The fourth-order valence-corrected chi connectivity index (χ4v) is 2.30. The van der Waals surface area contributed by atoms with Gasteiger partial charge in [0.25, 0.3) is 0 Å². The Kier molecular flexibility index (Phi) is 3.94. The molecule has 2 heterocycles. The highest BCUT2D eigenvalue weighted by atomic mass is 16.6. The molecule has 1 aliphatic rings. The van der Waals surface area contributed by atoms with Crippen LogP contribution in [0.5, 0.6) is 0 Å². The zero-order chi connectivity index (χ0) is 13.8. The van der Waals surface area contributed by atoms with Crippen molar-refractivity contribution in [1.29, 1.82) is 0 Å². The van der Waals surface area contributed by atoms with Crippen molar-refractivity contribution in [3.05, 3.63) is 28.4 Å². The van der Waals surface area contributed by atoms with Crippen LogP contribution in [0.2, 0.25) is 0 Å². The number of aromatic nitrogens is 1. The van der Waals surface area contributed by atoms with Gasteiger partial charge in [-0.25, -0.2) is 4.98 Å². The van der Waals surface area contributed by atoms with Crippen LogP contribution in [-0.4, -0.2) is 36.1 Å². The number of anilines is 1. The number of carbonyl (C=O) groups excluding carboxylic acids is 1. The number of methoxy groups -OCH3 is 1. The van der Waals surface area contributed by atoms with Crippen LogP contribution >= 0.6 is 0 Å². The molecule has 1 atom stereocenters. The molecule has 0 aromatic carbocycles. The Morgan fingerprint density at radius 2 is 2.42 bits per heavy atom. The molecule has 102 valence electrons. The summed E-state index contributed by atoms with van der Waals surface area (Å²) in [5.41, 5.74) is -0.0342. The van der Waals surface area contributed by atoms with E-state index in [0.717, 1.165) is 12.8 Å². The molecular formula is C12H15N3O4. The van der Waals surface area contributed by atoms with E-state index in [9.17, 15) is 14.9 Å². The SMILES string of the molecule is COC(=O)[C@H]1CCCN(c2ncccc2[N+](=O)[O-])C1. The van der Waals surface area contributed by atoms with Crippen LogP contribution in [0.3, 0.4) is 0 Å². The highest BCUT2D eigenvalue weighted by Crippen LogP contribution is 2.29. The third-order valence-electron chi connectivity index (χ3n) is 3.22. The Hall–Kier alpha value is -2.18. The minimum Gasteiger partial charge on any atom is -0.469 e. The summed E-state index contributed by atoms with van der Waals surface area (Å²) in [5.74, 6) is -0.204. The average molecular weight is 265 g/mol. The van der Waals surface area contributed by atoms with Crippen molar-refractivity contribution in [2.45, 2.75) is 12.8 Å². The lowest BCUT2D eigenvalue weighted by atomic mass is 9.98. The highest BCUT2D eigenvalue weighted by molar-refractivity contribution is 5.73. The van der Waals surface area contributed by atoms with Crippen molar-refractivity contribution >= 4 is 17.5 Å². The summed E-state index contributed by atoms with van der Waals surface area (Å²) >= 11 is 0. The van der Waals surface area contributed by atoms with Crippen LogP contribution < -0.4 is 4.90 Å². The molecule has 0 unspecified atom stereocenters. The Morgan fingerprint density at radius 1 is 1.63 bits per heavy atom. The molecule has 19 heavy (non-hydrogen) atoms. The first-order valence-electron chi connectivity index (χ1n) is 6.05. The van der Waals surface area contributed by atoms with Gasteiger partial charge in [0.1, 0.15) is 0 Å². The molecule has 7 heteroatoms. The van der Waals surface area contributed by atoms with Gasteiger partial charge in [-0.2, -0.15) is 0 Å². The fraction of sp³-hybridized carbons (Fsp3) is 0.500. The van der Waals surface area contributed by atoms with Crippen LogP contribution in [-0.2, 0) is 9.53 Å². The number of esters is 1. The molecular weight excluding hydrogens is 250 g/mol. The first-order chi connectivity index (χ1) is 9.13. The van der Waals surface area contributed by atoms with Gasteiger partial charge < -0.3 is 9.64 Å². The van der Waals surface area contributed by atoms with E-state index in [-0.39, 0.29) is 17.6 Å². The predicted molar refractivity (Wildman–Crippen MR) is 67.8 cm³/mol. The van der Waals surface area contributed by atoms with E-state index < -0.39 is 4.92 Å². The van der Waals surface area contributed by atoms with Crippen molar-refractivity contribution in [2.24, 2.45) is 5.92 Å². The van der Waals surface area contributed by atoms with E-state index >= 15 is 0 Å². The first-order valence-corrected chi connectivity index (χ1v) is 6.05. The largest absolute Gasteiger partial charge is 0.469 e. The normalized spacial score (nSPS) is 19.0. The topological polar surface area (TPSA) is 85.6 Å². The molecule has 1 aromatic rings. The summed E-state index contributed by atoms with van der Waals surface area (Å²) in [4.78, 5) is 27.9. The van der Waals surface area contributed by atoms with E-state index in [1.165, 1.54) is 25.4 Å². The minimum atomic E-state index is -0.454. The van der Waals surface area contributed by atoms with Crippen molar-refractivity contribution in [1.82, 2.24) is 4.98 Å². The van der Waals surface area contributed by atoms with Crippen LogP contribution in [0.1, 0.15) is 12.8 Å². The summed E-state index contributed by atoms with van der Waals surface area (Å²) in [6, 6.07) is 2.95. The molecule has 0 bridgehead atoms. The van der Waals surface area contributed by atoms with E-state index in [1.807, 2.05) is 0 Å². The molecule has 2 rings (SSSR count). The quantitative estimate of drug-likeness (QED) is 0.466. The molecule has 7 nitrogen and oxygen atoms in total. The van der Waals surface area contributed by atoms with Gasteiger partial charge in [-0.05, 0) is 18.9 Å². The van der Waals surface area contributed by atoms with Gasteiger partial charge in [0.05, 0.1) is 18.0 Å². The molecule has 0 saturated carbocycles. The van der Waals surface area contributed by atoms with Crippen molar-refractivity contribution in [2.75, 3.05) is 25.1 Å². The lowest BCUT2D eigenvalue weighted by Crippen LogP contribution is -2.39. The number of piperidine rings is 1. The molecule has 1 aromatic heterocycles. The molecule has 1 aliphatic heterocycles. The molecule has 1 saturated heterocycles. The maximum atomic E-state index is 11.6. The second-order valence-electron chi connectivity index (χ2n) is 4.41. The second-order valence-corrected chi connectivity index (χ2v) is 4.41. The van der Waals surface area contributed by atoms with E-state index in [1.54, 1.807) is 4.90 Å². The fourth-order valence-electron chi connectivity index (χ4n) is 2.30. The Morgan fingerprint density at radius 3 is 3.11 bits per heavy atom. The summed E-state index contributed by atoms with van der Waals surface area (Å²) in [7, 11) is 1.35. The molecule has 0 aliphatic carbocycles. The molecule has 0 radical (unpaired) electrons. The number of rotatable bonds is 3. The molecule has 0 amide bonds. The standard InChI is InChI=1S/C12H15N3O4/c1-19-12(16)9-4-3-7-14(8-9)11-10(15(17)18)5-2-6-13-11/h2,5-6,9H,3-4,7-8H2,1H3/t9-/m0/s1. The Labute approximate surface area is 110 Å². The number of ether oxygens (including phenoxy) is 1. The van der Waals surface area contributed by atoms with Crippen molar-refractivity contribution < 1.29 is 14.5 Å². The molecule has 0 spiro atoms. The van der Waals surface area contributed by atoms with Crippen LogP contribution in [0.4, 0.5) is 11.5 Å². The van der Waals surface area contributed by atoms with Crippen LogP contribution in [0.25, 0.3) is 0 Å². The molecule has 0 N–H and O–H groups in total. The third-order valence-corrected chi connectivity index (χ3v) is 3.22. The predicted octanol–water partition coefficient (Wildman–Crippen LogP) is 1.38. The number of pyridine rings is 1. The van der Waals surface area contributed by atoms with Gasteiger partial charge in [-0.15, -0.1) is 0 Å². The number of hydrogen-bond donors (Lipinski definition) is 0. The van der Waals surface area contributed by atoms with Crippen LogP contribution in [0, 0.1) is 16.0 Å². The van der Waals surface area contributed by atoms with Gasteiger partial charge in [0, 0.05) is 25.4 Å². The highest BCUT2D eigenvalue weighted by Gasteiger charge is 2.30. The number of nitrogens with zero attached hydrogens (tertiary/aromatic N) is 3. The summed E-state index contributed by atoms with van der Waals surface area (Å²) < 4.78 is 4.73. The van der Waals surface area contributed by atoms with Gasteiger partial charge >= 0.3 is 11.7 Å². The van der Waals surface area contributed by atoms with E-state index in [0.29, 0.717) is 18.9 Å². The van der Waals surface area contributed by atoms with Gasteiger partial charge in [0.2, 0.25) is 5.82 Å². The van der Waals surface area contributed by atoms with Gasteiger partial charge in [-0.1, -0.05) is 0 Å². The van der Waals surface area contributed by atoms with Crippen molar-refractivity contribution in [3.63, 3.8) is 0 Å². The minimum absolute atomic E-state index is 0.0342. The lowest BCUT2D eigenvalue weighted by Gasteiger charge is -2.31. The number of nitro groups is 1. The Bertz CT molecular complexity index is 492. The van der Waals surface area contributed by atoms with E-state index in [2.05, 4.69) is 4.98 Å². The monoisotopic (exact) mass is 265 g/mol.